The highest BCUT2D eigenvalue weighted by molar-refractivity contribution is 5.69. The van der Waals surface area contributed by atoms with E-state index in [0.29, 0.717) is 13.1 Å². The van der Waals surface area contributed by atoms with Gasteiger partial charge in [0.1, 0.15) is 6.33 Å². The number of nitrogens with one attached hydrogen (secondary N) is 2. The van der Waals surface area contributed by atoms with Crippen LogP contribution in [-0.4, -0.2) is 53.0 Å². The van der Waals surface area contributed by atoms with E-state index in [0.717, 1.165) is 19.5 Å². The Morgan fingerprint density at radius 3 is 2.35 bits per heavy atom. The average Bonchev–Trinajstić information content (AvgIpc) is 2.44. The summed E-state index contributed by atoms with van der Waals surface area (Å²) in [5.41, 5.74) is -0.0971. The molecular weight excluding hydrogens is 260 g/mol. The maximum Gasteiger partial charge on any atom is 0.353 e. The fourth-order valence-corrected chi connectivity index (χ4v) is 1.58. The predicted molar refractivity (Wildman–Crippen MR) is 79.1 cm³/mol. The Bertz CT molecular complexity index is 440. The molecule has 2 N–H and O–H groups in total. The highest BCUT2D eigenvalue weighted by Gasteiger charge is 2.22. The Labute approximate surface area is 118 Å². The Balaban J connectivity index is 2.81. The van der Waals surface area contributed by atoms with E-state index >= 15 is 0 Å². The zero-order valence-electron chi connectivity index (χ0n) is 12.2. The molecule has 0 saturated heterocycles. The minimum Gasteiger partial charge on any atom is -0.364 e. The Morgan fingerprint density at radius 1 is 1.25 bits per heavy atom. The van der Waals surface area contributed by atoms with Crippen LogP contribution in [0.4, 0.5) is 17.3 Å². The molecule has 1 rings (SSSR count). The van der Waals surface area contributed by atoms with Crippen LogP contribution in [0.3, 0.4) is 0 Å². The predicted octanol–water partition coefficient (Wildman–Crippen LogP) is 1.57. The molecule has 20 heavy (non-hydrogen) atoms. The van der Waals surface area contributed by atoms with Gasteiger partial charge >= 0.3 is 5.69 Å². The van der Waals surface area contributed by atoms with Crippen molar-refractivity contribution >= 4 is 17.3 Å². The van der Waals surface area contributed by atoms with Gasteiger partial charge in [0.25, 0.3) is 0 Å². The lowest BCUT2D eigenvalue weighted by atomic mass is 10.4. The summed E-state index contributed by atoms with van der Waals surface area (Å²) in [6.07, 6.45) is 2.20. The SMILES string of the molecule is CCCNc1ncnc(NCCN(C)CC)c1[N+](=O)[O-]. The maximum absolute atomic E-state index is 11.2. The largest absolute Gasteiger partial charge is 0.364 e. The summed E-state index contributed by atoms with van der Waals surface area (Å²) in [7, 11) is 1.99. The van der Waals surface area contributed by atoms with Crippen LogP contribution in [0.5, 0.6) is 0 Å². The van der Waals surface area contributed by atoms with E-state index in [9.17, 15) is 10.1 Å². The normalized spacial score (nSPS) is 10.6. The first kappa shape index (κ1) is 16.1. The van der Waals surface area contributed by atoms with Crippen LogP contribution in [0.25, 0.3) is 0 Å². The fraction of sp³-hybridized carbons (Fsp3) is 0.667. The lowest BCUT2D eigenvalue weighted by Gasteiger charge is -2.14. The lowest BCUT2D eigenvalue weighted by molar-refractivity contribution is -0.383. The van der Waals surface area contributed by atoms with Crippen molar-refractivity contribution in [3.8, 4) is 0 Å². The molecule has 0 aliphatic rings. The molecule has 0 aliphatic heterocycles. The van der Waals surface area contributed by atoms with Gasteiger partial charge in [-0.15, -0.1) is 0 Å². The minimum atomic E-state index is -0.455. The monoisotopic (exact) mass is 282 g/mol. The van der Waals surface area contributed by atoms with Crippen LogP contribution < -0.4 is 10.6 Å². The molecule has 112 valence electrons. The van der Waals surface area contributed by atoms with Gasteiger partial charge in [-0.05, 0) is 20.0 Å². The highest BCUT2D eigenvalue weighted by Crippen LogP contribution is 2.28. The number of nitrogens with zero attached hydrogens (tertiary/aromatic N) is 4. The van der Waals surface area contributed by atoms with Crippen molar-refractivity contribution in [1.82, 2.24) is 14.9 Å². The van der Waals surface area contributed by atoms with Gasteiger partial charge in [-0.2, -0.15) is 0 Å². The summed E-state index contributed by atoms with van der Waals surface area (Å²) in [6.45, 7) is 6.98. The number of likely N-dealkylation sites (N-methyl/N-ethyl adjacent to an activating group) is 1. The van der Waals surface area contributed by atoms with Crippen LogP contribution in [0.2, 0.25) is 0 Å². The maximum atomic E-state index is 11.2. The van der Waals surface area contributed by atoms with Gasteiger partial charge in [-0.3, -0.25) is 10.1 Å². The molecule has 0 spiro atoms. The van der Waals surface area contributed by atoms with Crippen LogP contribution in [0.1, 0.15) is 20.3 Å². The van der Waals surface area contributed by atoms with Crippen LogP contribution in [-0.2, 0) is 0 Å². The van der Waals surface area contributed by atoms with Gasteiger partial charge in [-0.1, -0.05) is 13.8 Å². The molecule has 1 aromatic rings. The highest BCUT2D eigenvalue weighted by atomic mass is 16.6. The van der Waals surface area contributed by atoms with Gasteiger partial charge < -0.3 is 15.5 Å². The van der Waals surface area contributed by atoms with Crippen LogP contribution in [0.15, 0.2) is 6.33 Å². The molecule has 8 nitrogen and oxygen atoms in total. The number of hydrogen-bond acceptors (Lipinski definition) is 7. The summed E-state index contributed by atoms with van der Waals surface area (Å²) >= 11 is 0. The second-order valence-electron chi connectivity index (χ2n) is 4.43. The van der Waals surface area contributed by atoms with Gasteiger partial charge in [-0.25, -0.2) is 9.97 Å². The molecule has 1 aromatic heterocycles. The minimum absolute atomic E-state index is 0.0971. The van der Waals surface area contributed by atoms with E-state index in [-0.39, 0.29) is 17.3 Å². The van der Waals surface area contributed by atoms with Crippen molar-refractivity contribution in [2.24, 2.45) is 0 Å². The first-order valence-corrected chi connectivity index (χ1v) is 6.75. The average molecular weight is 282 g/mol. The van der Waals surface area contributed by atoms with Crippen molar-refractivity contribution in [2.45, 2.75) is 20.3 Å². The molecule has 0 unspecified atom stereocenters. The number of nitro groups is 1. The number of hydrogen-bond donors (Lipinski definition) is 2. The van der Waals surface area contributed by atoms with Crippen LogP contribution >= 0.6 is 0 Å². The van der Waals surface area contributed by atoms with Gasteiger partial charge in [0.15, 0.2) is 0 Å². The summed E-state index contributed by atoms with van der Waals surface area (Å²) in [5.74, 6) is 0.520. The third kappa shape index (κ3) is 4.61. The Kier molecular flexibility index (Phi) is 6.65. The Morgan fingerprint density at radius 2 is 1.85 bits per heavy atom. The van der Waals surface area contributed by atoms with Gasteiger partial charge in [0.05, 0.1) is 4.92 Å². The molecule has 8 heteroatoms. The van der Waals surface area contributed by atoms with Crippen molar-refractivity contribution < 1.29 is 4.92 Å². The summed E-state index contributed by atoms with van der Waals surface area (Å²) in [5, 5.41) is 17.1. The zero-order chi connectivity index (χ0) is 15.0. The van der Waals surface area contributed by atoms with Crippen molar-refractivity contribution in [3.63, 3.8) is 0 Å². The first-order chi connectivity index (χ1) is 9.60. The van der Waals surface area contributed by atoms with E-state index in [1.54, 1.807) is 0 Å². The standard InChI is InChI=1S/C12H22N6O2/c1-4-6-13-11-10(18(19)20)12(16-9-15-11)14-7-8-17(3)5-2/h9H,4-8H2,1-3H3,(H2,13,14,15,16). The molecule has 0 radical (unpaired) electrons. The lowest BCUT2D eigenvalue weighted by Crippen LogP contribution is -2.25. The summed E-state index contributed by atoms with van der Waals surface area (Å²) < 4.78 is 0. The quantitative estimate of drug-likeness (QED) is 0.524. The third-order valence-electron chi connectivity index (χ3n) is 2.87. The first-order valence-electron chi connectivity index (χ1n) is 6.75. The van der Waals surface area contributed by atoms with Gasteiger partial charge in [0.2, 0.25) is 11.6 Å². The van der Waals surface area contributed by atoms with E-state index in [4.69, 9.17) is 0 Å². The van der Waals surface area contributed by atoms with Crippen molar-refractivity contribution in [2.75, 3.05) is 43.9 Å². The third-order valence-corrected chi connectivity index (χ3v) is 2.87. The van der Waals surface area contributed by atoms with Crippen molar-refractivity contribution in [3.05, 3.63) is 16.4 Å². The second-order valence-corrected chi connectivity index (χ2v) is 4.43. The smallest absolute Gasteiger partial charge is 0.353 e. The molecule has 0 aromatic carbocycles. The number of aromatic nitrogens is 2. The van der Waals surface area contributed by atoms with E-state index in [1.807, 2.05) is 14.0 Å². The van der Waals surface area contributed by atoms with Crippen LogP contribution in [0, 0.1) is 10.1 Å². The number of rotatable bonds is 9. The van der Waals surface area contributed by atoms with E-state index in [1.165, 1.54) is 6.33 Å². The molecule has 0 amide bonds. The molecular formula is C12H22N6O2. The molecule has 0 bridgehead atoms. The molecule has 0 aliphatic carbocycles. The molecule has 0 atom stereocenters. The summed E-state index contributed by atoms with van der Waals surface area (Å²) in [6, 6.07) is 0. The molecule has 1 heterocycles. The topological polar surface area (TPSA) is 96.2 Å². The molecule has 0 saturated carbocycles. The van der Waals surface area contributed by atoms with E-state index in [2.05, 4.69) is 32.4 Å². The zero-order valence-corrected chi connectivity index (χ0v) is 12.2. The number of anilines is 2. The fourth-order valence-electron chi connectivity index (χ4n) is 1.58. The van der Waals surface area contributed by atoms with E-state index < -0.39 is 4.92 Å². The van der Waals surface area contributed by atoms with Gasteiger partial charge in [0, 0.05) is 19.6 Å². The van der Waals surface area contributed by atoms with Crippen molar-refractivity contribution in [1.29, 1.82) is 0 Å². The summed E-state index contributed by atoms with van der Waals surface area (Å²) in [4.78, 5) is 20.8. The molecule has 0 fully saturated rings. The Hall–Kier alpha value is -1.96. The second kappa shape index (κ2) is 8.26.